The minimum absolute atomic E-state index is 0. The van der Waals surface area contributed by atoms with Crippen LogP contribution in [-0.2, 0) is 9.53 Å². The Morgan fingerprint density at radius 2 is 2.18 bits per heavy atom. The van der Waals surface area contributed by atoms with Crippen molar-refractivity contribution >= 4 is 5.97 Å². The lowest BCUT2D eigenvalue weighted by molar-refractivity contribution is -0.141. The molecule has 0 saturated carbocycles. The number of hydrogen-bond donors (Lipinski definition) is 2. The fourth-order valence-electron chi connectivity index (χ4n) is 0.319. The molecule has 4 nitrogen and oxygen atoms in total. The predicted molar refractivity (Wildman–Crippen MR) is 42.5 cm³/mol. The number of ether oxygens (including phenoxy) is 1. The summed E-state index contributed by atoms with van der Waals surface area (Å²) in [5.41, 5.74) is 0.348. The molecule has 0 aromatic rings. The first-order valence-corrected chi connectivity index (χ1v) is 3.04. The fraction of sp³-hybridized carbons (Fsp3) is 0.571. The third-order valence-corrected chi connectivity index (χ3v) is 0.804. The summed E-state index contributed by atoms with van der Waals surface area (Å²) in [4.78, 5) is 10.6. The molecule has 0 bridgehead atoms. The number of carbonyl (C=O) groups excluding carboxylic acids is 1. The van der Waals surface area contributed by atoms with Crippen molar-refractivity contribution in [3.05, 3.63) is 12.2 Å². The summed E-state index contributed by atoms with van der Waals surface area (Å²) in [6.07, 6.45) is -0.608. The topological polar surface area (TPSA) is 81.5 Å². The molecule has 0 rings (SSSR count). The third kappa shape index (κ3) is 7.02. The van der Waals surface area contributed by atoms with E-state index >= 15 is 0 Å². The van der Waals surface area contributed by atoms with E-state index in [2.05, 4.69) is 11.3 Å². The van der Waals surface area contributed by atoms with E-state index in [4.69, 9.17) is 5.11 Å². The molecule has 0 amide bonds. The van der Waals surface area contributed by atoms with Gasteiger partial charge in [-0.05, 0) is 13.8 Å². The van der Waals surface area contributed by atoms with Crippen LogP contribution in [0.2, 0.25) is 0 Å². The van der Waals surface area contributed by atoms with Crippen LogP contribution in [0.15, 0.2) is 12.2 Å². The van der Waals surface area contributed by atoms with E-state index in [-0.39, 0.29) is 12.8 Å². The van der Waals surface area contributed by atoms with E-state index in [0.717, 1.165) is 0 Å². The van der Waals surface area contributed by atoms with Crippen molar-refractivity contribution in [2.24, 2.45) is 0 Å². The maximum Gasteiger partial charge on any atom is 0.333 e. The molecule has 0 aromatic carbocycles. The second kappa shape index (κ2) is 5.88. The van der Waals surface area contributed by atoms with Crippen LogP contribution in [0, 0.1) is 0 Å². The van der Waals surface area contributed by atoms with Crippen LogP contribution in [0.3, 0.4) is 0 Å². The summed E-state index contributed by atoms with van der Waals surface area (Å²) < 4.78 is 4.58. The van der Waals surface area contributed by atoms with Gasteiger partial charge in [0, 0.05) is 5.57 Å². The zero-order valence-corrected chi connectivity index (χ0v) is 6.96. The summed E-state index contributed by atoms with van der Waals surface area (Å²) in [7, 11) is 0. The molecule has 0 aliphatic heterocycles. The number of rotatable bonds is 3. The molecule has 66 valence electrons. The Kier molecular flexibility index (Phi) is 6.83. The van der Waals surface area contributed by atoms with Crippen molar-refractivity contribution in [2.75, 3.05) is 6.61 Å². The maximum absolute atomic E-state index is 10.6. The number of aliphatic hydroxyl groups is 1. The highest BCUT2D eigenvalue weighted by Crippen LogP contribution is 1.92. The highest BCUT2D eigenvalue weighted by atomic mass is 16.5. The molecule has 4 heteroatoms. The Labute approximate surface area is 66.4 Å². The Morgan fingerprint density at radius 3 is 2.45 bits per heavy atom. The van der Waals surface area contributed by atoms with Gasteiger partial charge in [0.05, 0.1) is 6.10 Å². The number of esters is 1. The average molecular weight is 161 g/mol. The van der Waals surface area contributed by atoms with Crippen LogP contribution < -0.4 is 6.15 Å². The second-order valence-corrected chi connectivity index (χ2v) is 2.23. The molecular weight excluding hydrogens is 146 g/mol. The second-order valence-electron chi connectivity index (χ2n) is 2.23. The maximum atomic E-state index is 10.6. The zero-order valence-electron chi connectivity index (χ0n) is 6.96. The monoisotopic (exact) mass is 161 g/mol. The molecule has 0 radical (unpaired) electrons. The summed E-state index contributed by atoms with van der Waals surface area (Å²) in [6.45, 7) is 6.52. The van der Waals surface area contributed by atoms with Crippen LogP contribution >= 0.6 is 0 Å². The van der Waals surface area contributed by atoms with E-state index in [9.17, 15) is 4.79 Å². The molecule has 0 aliphatic carbocycles. The smallest absolute Gasteiger partial charge is 0.333 e. The van der Waals surface area contributed by atoms with Gasteiger partial charge in [0.2, 0.25) is 0 Å². The van der Waals surface area contributed by atoms with E-state index in [0.29, 0.717) is 5.57 Å². The average Bonchev–Trinajstić information content (AvgIpc) is 1.82. The molecule has 11 heavy (non-hydrogen) atoms. The Hall–Kier alpha value is -0.870. The highest BCUT2D eigenvalue weighted by molar-refractivity contribution is 5.86. The third-order valence-electron chi connectivity index (χ3n) is 0.804. The standard InChI is InChI=1S/C7H12O3.H3N/c1-5(2)7(9)10-4-6(3)8;/h6,8H,1,4H2,2-3H3;1H3. The van der Waals surface area contributed by atoms with Crippen LogP contribution in [0.25, 0.3) is 0 Å². The van der Waals surface area contributed by atoms with Gasteiger partial charge in [0.15, 0.2) is 0 Å². The summed E-state index contributed by atoms with van der Waals surface area (Å²) in [5.74, 6) is -0.457. The lowest BCUT2D eigenvalue weighted by atomic mass is 10.3. The molecule has 1 unspecified atom stereocenters. The van der Waals surface area contributed by atoms with E-state index in [1.807, 2.05) is 0 Å². The SMILES string of the molecule is C=C(C)C(=O)OCC(C)O.N. The molecule has 0 saturated heterocycles. The molecule has 1 atom stereocenters. The minimum atomic E-state index is -0.608. The number of aliphatic hydroxyl groups excluding tert-OH is 1. The molecule has 0 aromatic heterocycles. The van der Waals surface area contributed by atoms with Gasteiger partial charge in [-0.15, -0.1) is 0 Å². The van der Waals surface area contributed by atoms with Crippen molar-refractivity contribution in [1.29, 1.82) is 0 Å². The summed E-state index contributed by atoms with van der Waals surface area (Å²) in [6, 6.07) is 0. The first-order chi connectivity index (χ1) is 4.54. The van der Waals surface area contributed by atoms with Crippen molar-refractivity contribution in [3.63, 3.8) is 0 Å². The van der Waals surface area contributed by atoms with Crippen molar-refractivity contribution in [1.82, 2.24) is 6.15 Å². The van der Waals surface area contributed by atoms with Crippen molar-refractivity contribution < 1.29 is 14.6 Å². The first kappa shape index (κ1) is 12.8. The fourth-order valence-corrected chi connectivity index (χ4v) is 0.319. The lowest BCUT2D eigenvalue weighted by Gasteiger charge is -2.04. The largest absolute Gasteiger partial charge is 0.460 e. The molecule has 0 aliphatic rings. The van der Waals surface area contributed by atoms with Gasteiger partial charge in [-0.2, -0.15) is 0 Å². The molecular formula is C7H15NO3. The normalized spacial score (nSPS) is 11.2. The van der Waals surface area contributed by atoms with E-state index < -0.39 is 12.1 Å². The predicted octanol–water partition coefficient (Wildman–Crippen LogP) is 0.648. The van der Waals surface area contributed by atoms with Crippen molar-refractivity contribution in [3.8, 4) is 0 Å². The van der Waals surface area contributed by atoms with Gasteiger partial charge >= 0.3 is 5.97 Å². The van der Waals surface area contributed by atoms with E-state index in [1.165, 1.54) is 0 Å². The quantitative estimate of drug-likeness (QED) is 0.470. The van der Waals surface area contributed by atoms with Crippen LogP contribution in [0.1, 0.15) is 13.8 Å². The van der Waals surface area contributed by atoms with Gasteiger partial charge < -0.3 is 16.0 Å². The van der Waals surface area contributed by atoms with Crippen molar-refractivity contribution in [2.45, 2.75) is 20.0 Å². The van der Waals surface area contributed by atoms with Crippen LogP contribution in [0.4, 0.5) is 0 Å². The number of carbonyl (C=O) groups is 1. The Balaban J connectivity index is 0. The lowest BCUT2D eigenvalue weighted by Crippen LogP contribution is -2.15. The molecule has 4 N–H and O–H groups in total. The summed E-state index contributed by atoms with van der Waals surface area (Å²) >= 11 is 0. The van der Waals surface area contributed by atoms with Crippen LogP contribution in [0.5, 0.6) is 0 Å². The zero-order chi connectivity index (χ0) is 8.15. The van der Waals surface area contributed by atoms with Gasteiger partial charge in [0.25, 0.3) is 0 Å². The first-order valence-electron chi connectivity index (χ1n) is 3.04. The summed E-state index contributed by atoms with van der Waals surface area (Å²) in [5, 5.41) is 8.68. The molecule has 0 heterocycles. The van der Waals surface area contributed by atoms with E-state index in [1.54, 1.807) is 13.8 Å². The van der Waals surface area contributed by atoms with Gasteiger partial charge in [-0.1, -0.05) is 6.58 Å². The minimum Gasteiger partial charge on any atom is -0.460 e. The van der Waals surface area contributed by atoms with Gasteiger partial charge in [0.1, 0.15) is 6.61 Å². The molecule has 0 spiro atoms. The Bertz CT molecular complexity index is 143. The van der Waals surface area contributed by atoms with Crippen LogP contribution in [-0.4, -0.2) is 23.8 Å². The highest BCUT2D eigenvalue weighted by Gasteiger charge is 2.03. The van der Waals surface area contributed by atoms with Gasteiger partial charge in [-0.25, -0.2) is 4.79 Å². The number of hydrogen-bond acceptors (Lipinski definition) is 4. The molecule has 0 fully saturated rings. The van der Waals surface area contributed by atoms with Gasteiger partial charge in [-0.3, -0.25) is 0 Å². The Morgan fingerprint density at radius 1 is 1.73 bits per heavy atom.